The van der Waals surface area contributed by atoms with E-state index in [1.165, 1.54) is 37.0 Å². The minimum atomic E-state index is 0.197. The van der Waals surface area contributed by atoms with Crippen LogP contribution in [0.3, 0.4) is 0 Å². The number of unbranched alkanes of at least 4 members (excludes halogenated alkanes) is 1. The van der Waals surface area contributed by atoms with Crippen molar-refractivity contribution < 1.29 is 4.79 Å². The molecule has 1 saturated carbocycles. The van der Waals surface area contributed by atoms with Crippen molar-refractivity contribution in [2.45, 2.75) is 51.5 Å². The van der Waals surface area contributed by atoms with E-state index in [0.717, 1.165) is 19.3 Å². The molecule has 1 atom stereocenters. The van der Waals surface area contributed by atoms with Gasteiger partial charge in [-0.15, -0.1) is 0 Å². The van der Waals surface area contributed by atoms with Gasteiger partial charge in [-0.25, -0.2) is 0 Å². The number of likely N-dealkylation sites (N-methyl/N-ethyl adjacent to an activating group) is 1. The molecule has 1 amide bonds. The lowest BCUT2D eigenvalue weighted by molar-refractivity contribution is -0.110. The molecule has 0 aliphatic heterocycles. The Morgan fingerprint density at radius 2 is 2.27 bits per heavy atom. The number of amides is 1. The highest BCUT2D eigenvalue weighted by Crippen LogP contribution is 2.29. The number of carbonyl (C=O) groups is 1. The SMILES string of the molecule is CCCCC(NC=O)C(NC)=C1CCC1. The maximum Gasteiger partial charge on any atom is 0.207 e. The molecule has 1 aliphatic carbocycles. The zero-order valence-electron chi connectivity index (χ0n) is 9.81. The fourth-order valence-electron chi connectivity index (χ4n) is 2.02. The minimum absolute atomic E-state index is 0.197. The standard InChI is InChI=1S/C12H22N2O/c1-3-4-8-11(14-9-15)12(13-2)10-6-5-7-10/h9,11,13H,3-8H2,1-2H3,(H,14,15). The van der Waals surface area contributed by atoms with Crippen LogP contribution in [0.15, 0.2) is 11.3 Å². The monoisotopic (exact) mass is 210 g/mol. The van der Waals surface area contributed by atoms with Gasteiger partial charge >= 0.3 is 0 Å². The molecule has 0 heterocycles. The average molecular weight is 210 g/mol. The van der Waals surface area contributed by atoms with Crippen molar-refractivity contribution in [1.82, 2.24) is 10.6 Å². The topological polar surface area (TPSA) is 41.1 Å². The summed E-state index contributed by atoms with van der Waals surface area (Å²) in [4.78, 5) is 10.6. The molecule has 0 spiro atoms. The molecule has 0 saturated heterocycles. The van der Waals surface area contributed by atoms with Crippen LogP contribution in [-0.2, 0) is 4.79 Å². The summed E-state index contributed by atoms with van der Waals surface area (Å²) in [6.45, 7) is 2.17. The van der Waals surface area contributed by atoms with Gasteiger partial charge in [0.1, 0.15) is 0 Å². The fraction of sp³-hybridized carbons (Fsp3) is 0.750. The zero-order chi connectivity index (χ0) is 11.1. The molecule has 1 aliphatic rings. The van der Waals surface area contributed by atoms with Crippen LogP contribution in [0.4, 0.5) is 0 Å². The first kappa shape index (κ1) is 12.1. The van der Waals surface area contributed by atoms with E-state index in [1.807, 2.05) is 7.05 Å². The Morgan fingerprint density at radius 3 is 2.67 bits per heavy atom. The molecule has 0 aromatic rings. The summed E-state index contributed by atoms with van der Waals surface area (Å²) in [5.41, 5.74) is 2.75. The van der Waals surface area contributed by atoms with Crippen LogP contribution < -0.4 is 10.6 Å². The van der Waals surface area contributed by atoms with Crippen LogP contribution in [0.1, 0.15) is 45.4 Å². The number of hydrogen-bond acceptors (Lipinski definition) is 2. The predicted molar refractivity (Wildman–Crippen MR) is 62.4 cm³/mol. The molecule has 0 radical (unpaired) electrons. The maximum absolute atomic E-state index is 10.6. The van der Waals surface area contributed by atoms with E-state index in [4.69, 9.17) is 0 Å². The molecule has 15 heavy (non-hydrogen) atoms. The van der Waals surface area contributed by atoms with Crippen molar-refractivity contribution in [1.29, 1.82) is 0 Å². The van der Waals surface area contributed by atoms with E-state index < -0.39 is 0 Å². The number of allylic oxidation sites excluding steroid dienone is 1. The Hall–Kier alpha value is -0.990. The van der Waals surface area contributed by atoms with Crippen LogP contribution in [0.5, 0.6) is 0 Å². The molecular formula is C12H22N2O. The summed E-state index contributed by atoms with van der Waals surface area (Å²) in [6, 6.07) is 0.197. The lowest BCUT2D eigenvalue weighted by Crippen LogP contribution is -2.36. The average Bonchev–Trinajstić information content (AvgIpc) is 2.18. The summed E-state index contributed by atoms with van der Waals surface area (Å²) in [7, 11) is 1.95. The highest BCUT2D eigenvalue weighted by Gasteiger charge is 2.20. The predicted octanol–water partition coefficient (Wildman–Crippen LogP) is 1.95. The smallest absolute Gasteiger partial charge is 0.207 e. The van der Waals surface area contributed by atoms with Crippen LogP contribution in [0, 0.1) is 0 Å². The summed E-state index contributed by atoms with van der Waals surface area (Å²) in [6.07, 6.45) is 7.86. The van der Waals surface area contributed by atoms with Gasteiger partial charge < -0.3 is 10.6 Å². The summed E-state index contributed by atoms with van der Waals surface area (Å²) in [5.74, 6) is 0. The number of nitrogens with one attached hydrogen (secondary N) is 2. The van der Waals surface area contributed by atoms with Crippen molar-refractivity contribution >= 4 is 6.41 Å². The number of rotatable bonds is 7. The first-order chi connectivity index (χ1) is 7.33. The first-order valence-corrected chi connectivity index (χ1v) is 5.92. The van der Waals surface area contributed by atoms with Gasteiger partial charge in [-0.05, 0) is 31.3 Å². The van der Waals surface area contributed by atoms with Crippen LogP contribution in [-0.4, -0.2) is 19.5 Å². The van der Waals surface area contributed by atoms with Gasteiger partial charge in [0.05, 0.1) is 6.04 Å². The van der Waals surface area contributed by atoms with Crippen molar-refractivity contribution in [3.05, 3.63) is 11.3 Å². The Balaban J connectivity index is 2.62. The maximum atomic E-state index is 10.6. The third-order valence-electron chi connectivity index (χ3n) is 3.07. The largest absolute Gasteiger partial charge is 0.390 e. The first-order valence-electron chi connectivity index (χ1n) is 5.92. The Kier molecular flexibility index (Phi) is 5.22. The fourth-order valence-corrected chi connectivity index (χ4v) is 2.02. The van der Waals surface area contributed by atoms with Crippen LogP contribution in [0.25, 0.3) is 0 Å². The second-order valence-electron chi connectivity index (χ2n) is 4.10. The summed E-state index contributed by atoms with van der Waals surface area (Å²) in [5, 5.41) is 6.17. The van der Waals surface area contributed by atoms with Gasteiger partial charge in [0.25, 0.3) is 0 Å². The van der Waals surface area contributed by atoms with Crippen molar-refractivity contribution in [2.75, 3.05) is 7.05 Å². The van der Waals surface area contributed by atoms with Gasteiger partial charge in [-0.2, -0.15) is 0 Å². The van der Waals surface area contributed by atoms with Crippen molar-refractivity contribution in [3.8, 4) is 0 Å². The van der Waals surface area contributed by atoms with Crippen LogP contribution >= 0.6 is 0 Å². The molecule has 86 valence electrons. The Morgan fingerprint density at radius 1 is 1.53 bits per heavy atom. The molecule has 3 heteroatoms. The van der Waals surface area contributed by atoms with Crippen molar-refractivity contribution in [2.24, 2.45) is 0 Å². The Bertz CT molecular complexity index is 230. The minimum Gasteiger partial charge on any atom is -0.390 e. The molecule has 1 fully saturated rings. The van der Waals surface area contributed by atoms with E-state index >= 15 is 0 Å². The van der Waals surface area contributed by atoms with Gasteiger partial charge in [-0.1, -0.05) is 19.8 Å². The highest BCUT2D eigenvalue weighted by atomic mass is 16.1. The molecule has 1 rings (SSSR count). The summed E-state index contributed by atoms with van der Waals surface area (Å²) < 4.78 is 0. The third kappa shape index (κ3) is 3.26. The van der Waals surface area contributed by atoms with E-state index in [2.05, 4.69) is 17.6 Å². The molecule has 3 nitrogen and oxygen atoms in total. The van der Waals surface area contributed by atoms with E-state index in [0.29, 0.717) is 0 Å². The van der Waals surface area contributed by atoms with Crippen LogP contribution in [0.2, 0.25) is 0 Å². The molecular weight excluding hydrogens is 188 g/mol. The number of hydrogen-bond donors (Lipinski definition) is 2. The number of carbonyl (C=O) groups excluding carboxylic acids is 1. The lowest BCUT2D eigenvalue weighted by Gasteiger charge is -2.27. The second-order valence-corrected chi connectivity index (χ2v) is 4.10. The van der Waals surface area contributed by atoms with Gasteiger partial charge in [0.2, 0.25) is 6.41 Å². The van der Waals surface area contributed by atoms with E-state index in [9.17, 15) is 4.79 Å². The summed E-state index contributed by atoms with van der Waals surface area (Å²) >= 11 is 0. The quantitative estimate of drug-likeness (QED) is 0.631. The second kappa shape index (κ2) is 6.49. The molecule has 2 N–H and O–H groups in total. The Labute approximate surface area is 92.3 Å². The molecule has 0 aromatic heterocycles. The van der Waals surface area contributed by atoms with E-state index in [1.54, 1.807) is 0 Å². The molecule has 0 bridgehead atoms. The highest BCUT2D eigenvalue weighted by molar-refractivity contribution is 5.48. The van der Waals surface area contributed by atoms with Crippen molar-refractivity contribution in [3.63, 3.8) is 0 Å². The van der Waals surface area contributed by atoms with Gasteiger partial charge in [0.15, 0.2) is 0 Å². The van der Waals surface area contributed by atoms with Gasteiger partial charge in [-0.3, -0.25) is 4.79 Å². The molecule has 1 unspecified atom stereocenters. The normalized spacial score (nSPS) is 16.5. The van der Waals surface area contributed by atoms with E-state index in [-0.39, 0.29) is 6.04 Å². The zero-order valence-corrected chi connectivity index (χ0v) is 9.81. The van der Waals surface area contributed by atoms with Gasteiger partial charge in [0, 0.05) is 12.7 Å². The lowest BCUT2D eigenvalue weighted by atomic mass is 9.87. The third-order valence-corrected chi connectivity index (χ3v) is 3.07. The molecule has 0 aromatic carbocycles.